The molecule has 0 radical (unpaired) electrons. The zero-order valence-electron chi connectivity index (χ0n) is 11.1. The highest BCUT2D eigenvalue weighted by Crippen LogP contribution is 2.23. The van der Waals surface area contributed by atoms with Crippen LogP contribution in [-0.4, -0.2) is 43.8 Å². The van der Waals surface area contributed by atoms with Gasteiger partial charge in [-0.15, -0.1) is 0 Å². The quantitative estimate of drug-likeness (QED) is 0.787. The predicted octanol–water partition coefficient (Wildman–Crippen LogP) is -0.478. The van der Waals surface area contributed by atoms with Gasteiger partial charge in [-0.3, -0.25) is 9.59 Å². The average molecular weight is 299 g/mol. The standard InChI is InChI=1S/C12H17N3O4S/c1-13-12(17)9-4-6-15(7-5-9)20(18,19)10-2-3-11(16)14-8-10/h2-3,8-9H,4-7H2,1H3,(H,13,17)(H,14,16). The molecule has 1 aliphatic heterocycles. The summed E-state index contributed by atoms with van der Waals surface area (Å²) in [6, 6.07) is 2.48. The molecule has 0 saturated carbocycles. The number of nitrogens with zero attached hydrogens (tertiary/aromatic N) is 1. The van der Waals surface area contributed by atoms with Gasteiger partial charge in [-0.25, -0.2) is 8.42 Å². The topological polar surface area (TPSA) is 99.3 Å². The number of amides is 1. The number of sulfonamides is 1. The molecule has 2 N–H and O–H groups in total. The second-order valence-corrected chi connectivity index (χ2v) is 6.62. The summed E-state index contributed by atoms with van der Waals surface area (Å²) in [6.07, 6.45) is 2.20. The van der Waals surface area contributed by atoms with Crippen LogP contribution in [0.15, 0.2) is 28.0 Å². The number of nitrogens with one attached hydrogen (secondary N) is 2. The van der Waals surface area contributed by atoms with Crippen LogP contribution in [-0.2, 0) is 14.8 Å². The number of aromatic amines is 1. The zero-order valence-corrected chi connectivity index (χ0v) is 11.9. The van der Waals surface area contributed by atoms with Crippen molar-refractivity contribution in [3.8, 4) is 0 Å². The molecule has 110 valence electrons. The molecule has 0 unspecified atom stereocenters. The molecule has 1 fully saturated rings. The molecule has 0 spiro atoms. The van der Waals surface area contributed by atoms with Gasteiger partial charge in [0.05, 0.1) is 4.90 Å². The van der Waals surface area contributed by atoms with Crippen molar-refractivity contribution in [2.75, 3.05) is 20.1 Å². The van der Waals surface area contributed by atoms with Crippen molar-refractivity contribution in [3.05, 3.63) is 28.7 Å². The molecule has 0 atom stereocenters. The van der Waals surface area contributed by atoms with Gasteiger partial charge >= 0.3 is 0 Å². The molecule has 1 saturated heterocycles. The fraction of sp³-hybridized carbons (Fsp3) is 0.500. The number of hydrogen-bond donors (Lipinski definition) is 2. The summed E-state index contributed by atoms with van der Waals surface area (Å²) in [7, 11) is -2.03. The predicted molar refractivity (Wildman–Crippen MR) is 72.6 cm³/mol. The third-order valence-corrected chi connectivity index (χ3v) is 5.36. The van der Waals surface area contributed by atoms with Crippen molar-refractivity contribution in [2.45, 2.75) is 17.7 Å². The highest BCUT2D eigenvalue weighted by molar-refractivity contribution is 7.89. The number of carbonyl (C=O) groups is 1. The summed E-state index contributed by atoms with van der Waals surface area (Å²) in [6.45, 7) is 0.610. The highest BCUT2D eigenvalue weighted by atomic mass is 32.2. The maximum atomic E-state index is 12.3. The van der Waals surface area contributed by atoms with Gasteiger partial charge in [0, 0.05) is 38.3 Å². The van der Waals surface area contributed by atoms with Crippen molar-refractivity contribution < 1.29 is 13.2 Å². The maximum Gasteiger partial charge on any atom is 0.247 e. The van der Waals surface area contributed by atoms with Gasteiger partial charge < -0.3 is 10.3 Å². The van der Waals surface area contributed by atoms with Gasteiger partial charge in [0.25, 0.3) is 0 Å². The molecule has 1 aliphatic rings. The molecule has 2 rings (SSSR count). The molecule has 1 aromatic heterocycles. The highest BCUT2D eigenvalue weighted by Gasteiger charge is 2.31. The Kier molecular flexibility index (Phi) is 4.24. The minimum atomic E-state index is -3.60. The van der Waals surface area contributed by atoms with E-state index in [-0.39, 0.29) is 22.3 Å². The van der Waals surface area contributed by atoms with Crippen LogP contribution in [0.25, 0.3) is 0 Å². The Balaban J connectivity index is 2.11. The largest absolute Gasteiger partial charge is 0.359 e. The van der Waals surface area contributed by atoms with E-state index < -0.39 is 10.0 Å². The fourth-order valence-electron chi connectivity index (χ4n) is 2.27. The van der Waals surface area contributed by atoms with Crippen LogP contribution in [0.4, 0.5) is 0 Å². The first kappa shape index (κ1) is 14.7. The lowest BCUT2D eigenvalue weighted by Crippen LogP contribution is -2.42. The van der Waals surface area contributed by atoms with Gasteiger partial charge in [0.1, 0.15) is 0 Å². The molecule has 20 heavy (non-hydrogen) atoms. The van der Waals surface area contributed by atoms with E-state index in [9.17, 15) is 18.0 Å². The Bertz CT molecular complexity index is 624. The lowest BCUT2D eigenvalue weighted by molar-refractivity contribution is -0.125. The number of pyridine rings is 1. The minimum Gasteiger partial charge on any atom is -0.359 e. The van der Waals surface area contributed by atoms with E-state index in [1.54, 1.807) is 7.05 Å². The molecule has 0 aromatic carbocycles. The molecule has 1 amide bonds. The van der Waals surface area contributed by atoms with Gasteiger partial charge in [-0.2, -0.15) is 4.31 Å². The third kappa shape index (κ3) is 2.91. The summed E-state index contributed by atoms with van der Waals surface area (Å²) < 4.78 is 26.0. The van der Waals surface area contributed by atoms with Crippen molar-refractivity contribution >= 4 is 15.9 Å². The molecule has 8 heteroatoms. The van der Waals surface area contributed by atoms with E-state index in [1.807, 2.05) is 0 Å². The summed E-state index contributed by atoms with van der Waals surface area (Å²) in [5, 5.41) is 2.58. The van der Waals surface area contributed by atoms with E-state index >= 15 is 0 Å². The molecular weight excluding hydrogens is 282 g/mol. The van der Waals surface area contributed by atoms with E-state index in [1.165, 1.54) is 22.6 Å². The summed E-state index contributed by atoms with van der Waals surface area (Å²) in [5.74, 6) is -0.187. The van der Waals surface area contributed by atoms with E-state index in [0.29, 0.717) is 25.9 Å². The van der Waals surface area contributed by atoms with Crippen molar-refractivity contribution in [2.24, 2.45) is 5.92 Å². The Morgan fingerprint density at radius 3 is 2.50 bits per heavy atom. The number of piperidine rings is 1. The number of H-pyrrole nitrogens is 1. The van der Waals surface area contributed by atoms with E-state index in [0.717, 1.165) is 0 Å². The molecule has 0 aliphatic carbocycles. The van der Waals surface area contributed by atoms with Crippen molar-refractivity contribution in [1.82, 2.24) is 14.6 Å². The van der Waals surface area contributed by atoms with Crippen molar-refractivity contribution in [3.63, 3.8) is 0 Å². The number of rotatable bonds is 3. The Hall–Kier alpha value is -1.67. The Morgan fingerprint density at radius 2 is 2.00 bits per heavy atom. The smallest absolute Gasteiger partial charge is 0.247 e. The summed E-state index contributed by atoms with van der Waals surface area (Å²) in [4.78, 5) is 24.9. The molecule has 1 aromatic rings. The second-order valence-electron chi connectivity index (χ2n) is 4.68. The van der Waals surface area contributed by atoms with E-state index in [2.05, 4.69) is 10.3 Å². The van der Waals surface area contributed by atoms with Gasteiger partial charge in [0.2, 0.25) is 21.5 Å². The minimum absolute atomic E-state index is 0.0499. The van der Waals surface area contributed by atoms with E-state index in [4.69, 9.17) is 0 Å². The molecule has 2 heterocycles. The SMILES string of the molecule is CNC(=O)C1CCN(S(=O)(=O)c2ccc(=O)[nH]c2)CC1. The number of carbonyl (C=O) groups excluding carboxylic acids is 1. The summed E-state index contributed by atoms with van der Waals surface area (Å²) in [5.41, 5.74) is -0.345. The van der Waals surface area contributed by atoms with Crippen LogP contribution in [0.1, 0.15) is 12.8 Å². The Labute approximate surface area is 117 Å². The number of hydrogen-bond acceptors (Lipinski definition) is 4. The maximum absolute atomic E-state index is 12.3. The summed E-state index contributed by atoms with van der Waals surface area (Å²) >= 11 is 0. The second kappa shape index (κ2) is 5.76. The molecule has 7 nitrogen and oxygen atoms in total. The first-order valence-electron chi connectivity index (χ1n) is 6.35. The first-order valence-corrected chi connectivity index (χ1v) is 7.79. The lowest BCUT2D eigenvalue weighted by Gasteiger charge is -2.30. The molecule has 0 bridgehead atoms. The van der Waals surface area contributed by atoms with Crippen LogP contribution in [0.2, 0.25) is 0 Å². The third-order valence-electron chi connectivity index (χ3n) is 3.46. The van der Waals surface area contributed by atoms with Gasteiger partial charge in [0.15, 0.2) is 0 Å². The van der Waals surface area contributed by atoms with Crippen LogP contribution >= 0.6 is 0 Å². The fourth-order valence-corrected chi connectivity index (χ4v) is 3.71. The van der Waals surface area contributed by atoms with Crippen LogP contribution < -0.4 is 10.9 Å². The normalized spacial score (nSPS) is 17.9. The van der Waals surface area contributed by atoms with Crippen LogP contribution in [0.5, 0.6) is 0 Å². The first-order chi connectivity index (χ1) is 9.45. The Morgan fingerprint density at radius 1 is 1.35 bits per heavy atom. The lowest BCUT2D eigenvalue weighted by atomic mass is 9.97. The average Bonchev–Trinajstić information content (AvgIpc) is 2.47. The number of aromatic nitrogens is 1. The van der Waals surface area contributed by atoms with Gasteiger partial charge in [-0.1, -0.05) is 0 Å². The zero-order chi connectivity index (χ0) is 14.8. The monoisotopic (exact) mass is 299 g/mol. The van der Waals surface area contributed by atoms with Crippen LogP contribution in [0, 0.1) is 5.92 Å². The van der Waals surface area contributed by atoms with Gasteiger partial charge in [-0.05, 0) is 18.9 Å². The van der Waals surface area contributed by atoms with Crippen LogP contribution in [0.3, 0.4) is 0 Å². The van der Waals surface area contributed by atoms with Crippen molar-refractivity contribution in [1.29, 1.82) is 0 Å². The molecular formula is C12H17N3O4S.